The van der Waals surface area contributed by atoms with Crippen LogP contribution < -0.4 is 54.0 Å². The van der Waals surface area contributed by atoms with Crippen LogP contribution in [0, 0.1) is 0 Å². The quantitative estimate of drug-likeness (QED) is 0.0371. The van der Waals surface area contributed by atoms with E-state index in [4.69, 9.17) is 16.6 Å². The van der Waals surface area contributed by atoms with Gasteiger partial charge in [0, 0.05) is 12.8 Å². The van der Waals surface area contributed by atoms with Gasteiger partial charge in [0.2, 0.25) is 53.2 Å². The second-order valence-electron chi connectivity index (χ2n) is 14.0. The molecular formula is C36H54N10O18. The van der Waals surface area contributed by atoms with Crippen molar-refractivity contribution in [1.29, 1.82) is 0 Å². The highest BCUT2D eigenvalue weighted by molar-refractivity contribution is 5.98. The number of primary amides is 1. The zero-order chi connectivity index (χ0) is 48.8. The van der Waals surface area contributed by atoms with Gasteiger partial charge in [-0.1, -0.05) is 12.1 Å². The molecular weight excluding hydrogens is 860 g/mol. The number of phenols is 1. The third-order valence-corrected chi connectivity index (χ3v) is 8.68. The molecule has 356 valence electrons. The predicted octanol–water partition coefficient (Wildman–Crippen LogP) is -9.03. The van der Waals surface area contributed by atoms with Gasteiger partial charge in [0.25, 0.3) is 0 Å². The molecule has 0 aliphatic carbocycles. The number of phenolic OH excluding ortho intramolecular Hbond substituents is 1. The first kappa shape index (κ1) is 55.0. The number of aliphatic hydroxyl groups excluding tert-OH is 4. The Morgan fingerprint density at radius 2 is 1.05 bits per heavy atom. The van der Waals surface area contributed by atoms with E-state index in [-0.39, 0.29) is 11.3 Å². The van der Waals surface area contributed by atoms with Crippen LogP contribution >= 0.6 is 0 Å². The van der Waals surface area contributed by atoms with Gasteiger partial charge in [-0.2, -0.15) is 0 Å². The van der Waals surface area contributed by atoms with Crippen molar-refractivity contribution < 1.29 is 88.5 Å². The fourth-order valence-corrected chi connectivity index (χ4v) is 5.17. The van der Waals surface area contributed by atoms with Gasteiger partial charge in [-0.3, -0.25) is 47.9 Å². The summed E-state index contributed by atoms with van der Waals surface area (Å²) >= 11 is 0. The van der Waals surface area contributed by atoms with E-state index < -0.39 is 172 Å². The molecule has 1 aromatic rings. The number of hydrogen-bond donors (Lipinski definition) is 17. The van der Waals surface area contributed by atoms with Gasteiger partial charge in [-0.05, 0) is 38.0 Å². The Hall–Kier alpha value is -7.01. The van der Waals surface area contributed by atoms with E-state index in [1.54, 1.807) is 0 Å². The number of aromatic hydroxyl groups is 1. The number of carbonyl (C=O) groups is 11. The molecule has 9 atom stereocenters. The summed E-state index contributed by atoms with van der Waals surface area (Å²) in [5.74, 6) is -13.9. The molecule has 9 amide bonds. The van der Waals surface area contributed by atoms with Crippen LogP contribution in [0.25, 0.3) is 0 Å². The van der Waals surface area contributed by atoms with Crippen molar-refractivity contribution in [3.63, 3.8) is 0 Å². The summed E-state index contributed by atoms with van der Waals surface area (Å²) in [5, 5.41) is 84.5. The van der Waals surface area contributed by atoms with Gasteiger partial charge >= 0.3 is 11.9 Å². The second-order valence-corrected chi connectivity index (χ2v) is 14.0. The normalized spacial score (nSPS) is 15.0. The van der Waals surface area contributed by atoms with Crippen molar-refractivity contribution in [2.45, 2.75) is 94.0 Å². The lowest BCUT2D eigenvalue weighted by Crippen LogP contribution is -2.62. The molecule has 28 heteroatoms. The fourth-order valence-electron chi connectivity index (χ4n) is 5.17. The minimum Gasteiger partial charge on any atom is -0.508 e. The Labute approximate surface area is 363 Å². The van der Waals surface area contributed by atoms with Crippen molar-refractivity contribution in [1.82, 2.24) is 42.5 Å². The maximum atomic E-state index is 13.8. The number of nitrogens with one attached hydrogen (secondary N) is 8. The third-order valence-electron chi connectivity index (χ3n) is 8.68. The monoisotopic (exact) mass is 914 g/mol. The van der Waals surface area contributed by atoms with Crippen LogP contribution in [-0.4, -0.2) is 182 Å². The summed E-state index contributed by atoms with van der Waals surface area (Å²) < 4.78 is 0. The minimum atomic E-state index is -2.01. The van der Waals surface area contributed by atoms with Gasteiger partial charge in [0.15, 0.2) is 0 Å². The maximum Gasteiger partial charge on any atom is 0.328 e. The number of carboxylic acid groups (broad SMARTS) is 2. The predicted molar refractivity (Wildman–Crippen MR) is 213 cm³/mol. The highest BCUT2D eigenvalue weighted by Crippen LogP contribution is 2.12. The van der Waals surface area contributed by atoms with Crippen LogP contribution in [0.5, 0.6) is 5.75 Å². The van der Waals surface area contributed by atoms with E-state index in [0.29, 0.717) is 0 Å². The number of nitrogens with two attached hydrogens (primary N) is 2. The molecule has 19 N–H and O–H groups in total. The Kier molecular flexibility index (Phi) is 23.3. The van der Waals surface area contributed by atoms with Crippen molar-refractivity contribution >= 4 is 65.1 Å². The number of hydrogen-bond acceptors (Lipinski definition) is 17. The van der Waals surface area contributed by atoms with Crippen molar-refractivity contribution in [2.75, 3.05) is 26.4 Å². The summed E-state index contributed by atoms with van der Waals surface area (Å²) in [6.07, 6.45) is -4.57. The minimum absolute atomic E-state index is 0.191. The van der Waals surface area contributed by atoms with Crippen molar-refractivity contribution in [3.8, 4) is 5.75 Å². The first-order valence-electron chi connectivity index (χ1n) is 19.1. The first-order valence-corrected chi connectivity index (χ1v) is 19.1. The molecule has 0 heterocycles. The first-order chi connectivity index (χ1) is 29.9. The molecule has 0 spiro atoms. The number of amides is 9. The highest BCUT2D eigenvalue weighted by Gasteiger charge is 2.36. The van der Waals surface area contributed by atoms with Gasteiger partial charge in [0.1, 0.15) is 48.0 Å². The summed E-state index contributed by atoms with van der Waals surface area (Å²) in [4.78, 5) is 138. The molecule has 0 radical (unpaired) electrons. The molecule has 0 saturated carbocycles. The molecule has 64 heavy (non-hydrogen) atoms. The van der Waals surface area contributed by atoms with E-state index in [1.807, 2.05) is 10.6 Å². The molecule has 0 aliphatic heterocycles. The van der Waals surface area contributed by atoms with E-state index in [9.17, 15) is 83.4 Å². The van der Waals surface area contributed by atoms with E-state index in [1.165, 1.54) is 31.2 Å². The zero-order valence-electron chi connectivity index (χ0n) is 34.4. The molecule has 0 fully saturated rings. The van der Waals surface area contributed by atoms with E-state index in [0.717, 1.165) is 6.92 Å². The lowest BCUT2D eigenvalue weighted by Gasteiger charge is -2.28. The van der Waals surface area contributed by atoms with Crippen molar-refractivity contribution in [3.05, 3.63) is 29.8 Å². The maximum absolute atomic E-state index is 13.8. The summed E-state index contributed by atoms with van der Waals surface area (Å²) in [7, 11) is 0. The Bertz CT molecular complexity index is 1850. The number of carboxylic acids is 2. The largest absolute Gasteiger partial charge is 0.508 e. The number of carbonyl (C=O) groups excluding carboxylic acids is 9. The zero-order valence-corrected chi connectivity index (χ0v) is 34.4. The third kappa shape index (κ3) is 19.4. The molecule has 0 unspecified atom stereocenters. The molecule has 1 rings (SSSR count). The Balaban J connectivity index is 3.38. The average Bonchev–Trinajstić information content (AvgIpc) is 3.22. The van der Waals surface area contributed by atoms with Gasteiger partial charge in [-0.15, -0.1) is 0 Å². The summed E-state index contributed by atoms with van der Waals surface area (Å²) in [6, 6.07) is -8.92. The van der Waals surface area contributed by atoms with Crippen LogP contribution in [0.2, 0.25) is 0 Å². The lowest BCUT2D eigenvalue weighted by molar-refractivity contribution is -0.144. The van der Waals surface area contributed by atoms with Gasteiger partial charge < -0.3 is 89.7 Å². The second kappa shape index (κ2) is 27.1. The van der Waals surface area contributed by atoms with Gasteiger partial charge in [0.05, 0.1) is 44.9 Å². The van der Waals surface area contributed by atoms with E-state index in [2.05, 4.69) is 31.9 Å². The van der Waals surface area contributed by atoms with Crippen LogP contribution in [0.15, 0.2) is 24.3 Å². The Morgan fingerprint density at radius 3 is 1.53 bits per heavy atom. The Morgan fingerprint density at radius 1 is 0.594 bits per heavy atom. The average molecular weight is 915 g/mol. The molecule has 1 aromatic carbocycles. The van der Waals surface area contributed by atoms with E-state index >= 15 is 0 Å². The summed E-state index contributed by atoms with van der Waals surface area (Å²) in [6.45, 7) is -1.55. The SMILES string of the molecule is C[C@H](N)C(=O)NCC(=O)N[C@@H](CO)C(=O)N[C@@H](CO)C(=O)N[C@@H](Cc1ccc(O)cc1)C(=O)N[C@H](C(=O)N[C@@H](CCC(N)=O)C(=O)N[C@@H](CC(=O)O)C(=O)N[C@@H](CO)C(=O)O)[C@@H](C)O. The number of rotatable bonds is 28. The van der Waals surface area contributed by atoms with Crippen LogP contribution in [0.3, 0.4) is 0 Å². The highest BCUT2D eigenvalue weighted by atomic mass is 16.4. The van der Waals surface area contributed by atoms with Crippen LogP contribution in [-0.2, 0) is 59.2 Å². The number of aliphatic hydroxyl groups is 4. The summed E-state index contributed by atoms with van der Waals surface area (Å²) in [5.41, 5.74) is 10.9. The van der Waals surface area contributed by atoms with Crippen LogP contribution in [0.1, 0.15) is 38.7 Å². The molecule has 0 aliphatic rings. The number of benzene rings is 1. The van der Waals surface area contributed by atoms with Crippen LogP contribution in [0.4, 0.5) is 0 Å². The molecule has 0 bridgehead atoms. The topological polar surface area (TPSA) is 478 Å². The lowest BCUT2D eigenvalue weighted by atomic mass is 10.0. The molecule has 0 saturated heterocycles. The standard InChI is InChI=1S/C36H54N10O18/c1-15(37)29(56)39-11-26(53)40-22(12-47)33(60)44-23(13-48)34(61)42-20(9-17-3-5-18(51)6-4-17)32(59)46-28(16(2)50)35(62)41-19(7-8-25(38)52)30(57)43-21(10-27(54)55)31(58)45-24(14-49)36(63)64/h3-6,15-16,19-24,28,47-51H,7-14,37H2,1-2H3,(H2,38,52)(H,39,56)(H,40,53)(H,41,62)(H,42,61)(H,43,57)(H,44,60)(H,45,58)(H,46,59)(H,54,55)(H,63,64)/t15-,16+,19-,20-,21-,22-,23-,24-,28-/m0/s1. The molecule has 0 aromatic heterocycles. The molecule has 28 nitrogen and oxygen atoms in total. The number of aliphatic carboxylic acids is 2. The smallest absolute Gasteiger partial charge is 0.328 e. The van der Waals surface area contributed by atoms with Crippen molar-refractivity contribution in [2.24, 2.45) is 11.5 Å². The van der Waals surface area contributed by atoms with Gasteiger partial charge in [-0.25, -0.2) is 4.79 Å². The fraction of sp³-hybridized carbons (Fsp3) is 0.528.